The predicted octanol–water partition coefficient (Wildman–Crippen LogP) is 3.15. The van der Waals surface area contributed by atoms with Gasteiger partial charge in [-0.1, -0.05) is 25.5 Å². The van der Waals surface area contributed by atoms with Crippen molar-refractivity contribution >= 4 is 35.8 Å². The van der Waals surface area contributed by atoms with Crippen LogP contribution in [0.4, 0.5) is 0 Å². The molecule has 1 atom stereocenters. The van der Waals surface area contributed by atoms with Gasteiger partial charge in [0, 0.05) is 33.1 Å². The molecule has 7 heteroatoms. The summed E-state index contributed by atoms with van der Waals surface area (Å²) >= 11 is 0. The Balaban J connectivity index is 0.00000364. The fourth-order valence-corrected chi connectivity index (χ4v) is 3.30. The third kappa shape index (κ3) is 8.36. The third-order valence-corrected chi connectivity index (χ3v) is 4.64. The molecule has 1 aromatic carbocycles. The molecule has 1 aromatic rings. The quantitative estimate of drug-likeness (QED) is 0.255. The number of carbonyl (C=O) groups excluding carboxylic acids is 1. The van der Waals surface area contributed by atoms with Crippen LogP contribution >= 0.6 is 24.0 Å². The van der Waals surface area contributed by atoms with E-state index in [0.29, 0.717) is 18.9 Å². The van der Waals surface area contributed by atoms with Crippen molar-refractivity contribution in [2.45, 2.75) is 45.6 Å². The van der Waals surface area contributed by atoms with Crippen molar-refractivity contribution in [2.24, 2.45) is 16.6 Å². The van der Waals surface area contributed by atoms with Gasteiger partial charge in [0.15, 0.2) is 5.96 Å². The number of likely N-dealkylation sites (tertiary alicyclic amines) is 1. The molecule has 0 aromatic heterocycles. The maximum atomic E-state index is 11.2. The highest BCUT2D eigenvalue weighted by atomic mass is 127. The summed E-state index contributed by atoms with van der Waals surface area (Å²) < 4.78 is 5.78. The molecule has 6 nitrogen and oxygen atoms in total. The number of guanidine groups is 1. The molecule has 0 radical (unpaired) electrons. The molecule has 0 bridgehead atoms. The molecule has 1 unspecified atom stereocenters. The second-order valence-corrected chi connectivity index (χ2v) is 6.87. The molecule has 27 heavy (non-hydrogen) atoms. The van der Waals surface area contributed by atoms with Crippen LogP contribution in [0.5, 0.6) is 5.75 Å². The van der Waals surface area contributed by atoms with Gasteiger partial charge >= 0.3 is 0 Å². The highest BCUT2D eigenvalue weighted by Gasteiger charge is 2.23. The summed E-state index contributed by atoms with van der Waals surface area (Å²) in [5, 5.41) is 3.43. The van der Waals surface area contributed by atoms with Gasteiger partial charge in [0.2, 0.25) is 5.91 Å². The summed E-state index contributed by atoms with van der Waals surface area (Å²) in [6.07, 6.45) is 4.75. The van der Waals surface area contributed by atoms with Gasteiger partial charge < -0.3 is 20.7 Å². The van der Waals surface area contributed by atoms with E-state index in [1.54, 1.807) is 7.05 Å². The molecule has 0 spiro atoms. The van der Waals surface area contributed by atoms with Crippen molar-refractivity contribution in [3.63, 3.8) is 0 Å². The topological polar surface area (TPSA) is 79.9 Å². The van der Waals surface area contributed by atoms with Crippen LogP contribution in [-0.4, -0.2) is 43.5 Å². The van der Waals surface area contributed by atoms with E-state index < -0.39 is 0 Å². The van der Waals surface area contributed by atoms with Crippen molar-refractivity contribution in [2.75, 3.05) is 26.7 Å². The summed E-state index contributed by atoms with van der Waals surface area (Å²) in [7, 11) is 1.80. The van der Waals surface area contributed by atoms with Crippen LogP contribution in [0.3, 0.4) is 0 Å². The summed E-state index contributed by atoms with van der Waals surface area (Å²) in [5.41, 5.74) is 6.51. The summed E-state index contributed by atoms with van der Waals surface area (Å²) in [5.74, 6) is 1.87. The lowest BCUT2D eigenvalue weighted by molar-refractivity contribution is -0.119. The van der Waals surface area contributed by atoms with Crippen molar-refractivity contribution in [3.8, 4) is 5.75 Å². The fourth-order valence-electron chi connectivity index (χ4n) is 3.30. The number of amides is 1. The number of carbonyl (C=O) groups is 1. The smallest absolute Gasteiger partial charge is 0.217 e. The zero-order valence-corrected chi connectivity index (χ0v) is 18.8. The Labute approximate surface area is 179 Å². The molecule has 3 N–H and O–H groups in total. The first kappa shape index (κ1) is 23.5. The van der Waals surface area contributed by atoms with E-state index in [9.17, 15) is 4.79 Å². The zero-order chi connectivity index (χ0) is 18.8. The standard InChI is InChI=1S/C20H32N4O2.HI/c1-3-4-11-26-18-9-5-7-16(12-18)14-23-20(22-2)24-10-6-8-17(15-24)13-19(21)25;/h5,7,9,12,17H,3-4,6,8,10-11,13-15H2,1-2H3,(H2,21,25)(H,22,23);1H. The van der Waals surface area contributed by atoms with Gasteiger partial charge in [0.25, 0.3) is 0 Å². The molecule has 1 heterocycles. The molecule has 1 aliphatic heterocycles. The number of piperidine rings is 1. The first-order chi connectivity index (χ1) is 12.6. The predicted molar refractivity (Wildman–Crippen MR) is 121 cm³/mol. The highest BCUT2D eigenvalue weighted by molar-refractivity contribution is 14.0. The minimum absolute atomic E-state index is 0. The number of halogens is 1. The number of rotatable bonds is 8. The molecule has 0 saturated carbocycles. The molecule has 1 fully saturated rings. The van der Waals surface area contributed by atoms with Gasteiger partial charge in [0.05, 0.1) is 6.61 Å². The van der Waals surface area contributed by atoms with Crippen molar-refractivity contribution in [1.82, 2.24) is 10.2 Å². The van der Waals surface area contributed by atoms with Crippen LogP contribution in [0, 0.1) is 5.92 Å². The van der Waals surface area contributed by atoms with Gasteiger partial charge in [-0.05, 0) is 42.9 Å². The van der Waals surface area contributed by atoms with E-state index in [1.807, 2.05) is 12.1 Å². The van der Waals surface area contributed by atoms with Crippen LogP contribution in [0.15, 0.2) is 29.3 Å². The highest BCUT2D eigenvalue weighted by Crippen LogP contribution is 2.19. The summed E-state index contributed by atoms with van der Waals surface area (Å²) in [4.78, 5) is 17.8. The number of nitrogens with zero attached hydrogens (tertiary/aromatic N) is 2. The average molecular weight is 488 g/mol. The Kier molecular flexibility index (Phi) is 11.2. The minimum Gasteiger partial charge on any atom is -0.494 e. The summed E-state index contributed by atoms with van der Waals surface area (Å²) in [6.45, 7) is 5.38. The normalized spacial score (nSPS) is 17.2. The zero-order valence-electron chi connectivity index (χ0n) is 16.4. The van der Waals surface area contributed by atoms with Crippen LogP contribution in [0.25, 0.3) is 0 Å². The molecule has 2 rings (SSSR count). The molecular weight excluding hydrogens is 455 g/mol. The van der Waals surface area contributed by atoms with Crippen LogP contribution in [0.2, 0.25) is 0 Å². The Morgan fingerprint density at radius 2 is 2.26 bits per heavy atom. The number of benzene rings is 1. The number of hydrogen-bond donors (Lipinski definition) is 2. The Morgan fingerprint density at radius 3 is 2.96 bits per heavy atom. The van der Waals surface area contributed by atoms with Crippen LogP contribution < -0.4 is 15.8 Å². The van der Waals surface area contributed by atoms with Gasteiger partial charge in [-0.15, -0.1) is 24.0 Å². The van der Waals surface area contributed by atoms with Crippen LogP contribution in [0.1, 0.15) is 44.6 Å². The van der Waals surface area contributed by atoms with Gasteiger partial charge in [-0.3, -0.25) is 9.79 Å². The Hall–Kier alpha value is -1.51. The number of hydrogen-bond acceptors (Lipinski definition) is 3. The number of nitrogens with two attached hydrogens (primary N) is 1. The molecule has 0 aliphatic carbocycles. The fraction of sp³-hybridized carbons (Fsp3) is 0.600. The van der Waals surface area contributed by atoms with E-state index in [1.165, 1.54) is 0 Å². The lowest BCUT2D eigenvalue weighted by atomic mass is 9.95. The second-order valence-electron chi connectivity index (χ2n) is 6.87. The molecule has 1 saturated heterocycles. The molecule has 1 amide bonds. The maximum absolute atomic E-state index is 11.2. The molecule has 152 valence electrons. The Morgan fingerprint density at radius 1 is 1.44 bits per heavy atom. The maximum Gasteiger partial charge on any atom is 0.217 e. The monoisotopic (exact) mass is 488 g/mol. The first-order valence-electron chi connectivity index (χ1n) is 9.58. The largest absolute Gasteiger partial charge is 0.494 e. The number of aliphatic imine (C=N–C) groups is 1. The van der Waals surface area contributed by atoms with E-state index in [2.05, 4.69) is 34.3 Å². The Bertz CT molecular complexity index is 609. The number of nitrogens with one attached hydrogen (secondary N) is 1. The lowest BCUT2D eigenvalue weighted by Crippen LogP contribution is -2.46. The number of primary amides is 1. The first-order valence-corrected chi connectivity index (χ1v) is 9.58. The molecular formula is C20H33IN4O2. The minimum atomic E-state index is -0.223. The lowest BCUT2D eigenvalue weighted by Gasteiger charge is -2.34. The van der Waals surface area contributed by atoms with Crippen molar-refractivity contribution in [3.05, 3.63) is 29.8 Å². The number of unbranched alkanes of at least 4 members (excludes halogenated alkanes) is 1. The number of ether oxygens (including phenoxy) is 1. The average Bonchev–Trinajstić information content (AvgIpc) is 2.63. The third-order valence-electron chi connectivity index (χ3n) is 4.64. The van der Waals surface area contributed by atoms with Crippen molar-refractivity contribution in [1.29, 1.82) is 0 Å². The molecule has 1 aliphatic rings. The summed E-state index contributed by atoms with van der Waals surface area (Å²) in [6, 6.07) is 8.17. The van der Waals surface area contributed by atoms with E-state index in [0.717, 1.165) is 62.7 Å². The van der Waals surface area contributed by atoms with E-state index >= 15 is 0 Å². The van der Waals surface area contributed by atoms with E-state index in [-0.39, 0.29) is 29.9 Å². The van der Waals surface area contributed by atoms with Gasteiger partial charge in [0.1, 0.15) is 5.75 Å². The van der Waals surface area contributed by atoms with Crippen LogP contribution in [-0.2, 0) is 11.3 Å². The van der Waals surface area contributed by atoms with E-state index in [4.69, 9.17) is 10.5 Å². The SMILES string of the molecule is CCCCOc1cccc(CNC(=NC)N2CCCC(CC(N)=O)C2)c1.I. The second kappa shape index (κ2) is 12.8. The van der Waals surface area contributed by atoms with Gasteiger partial charge in [-0.25, -0.2) is 0 Å². The van der Waals surface area contributed by atoms with Crippen molar-refractivity contribution < 1.29 is 9.53 Å². The van der Waals surface area contributed by atoms with Gasteiger partial charge in [-0.2, -0.15) is 0 Å².